The summed E-state index contributed by atoms with van der Waals surface area (Å²) in [7, 11) is 3.18. The van der Waals surface area contributed by atoms with E-state index in [1.165, 1.54) is 0 Å². The third-order valence-corrected chi connectivity index (χ3v) is 2.34. The quantitative estimate of drug-likeness (QED) is 0.601. The van der Waals surface area contributed by atoms with Gasteiger partial charge in [-0.15, -0.1) is 0 Å². The lowest BCUT2D eigenvalue weighted by molar-refractivity contribution is 0.153. The second-order valence-electron chi connectivity index (χ2n) is 4.00. The number of hydrogen-bond donors (Lipinski definition) is 3. The maximum atomic E-state index is 9.24. The zero-order valence-electron chi connectivity index (χ0n) is 11.6. The molecule has 0 fully saturated rings. The van der Waals surface area contributed by atoms with Gasteiger partial charge in [0, 0.05) is 26.8 Å². The minimum absolute atomic E-state index is 0.0337. The molecule has 0 aromatic carbocycles. The minimum Gasteiger partial charge on any atom is -0.394 e. The van der Waals surface area contributed by atoms with E-state index in [9.17, 15) is 5.11 Å². The molecule has 7 heteroatoms. The smallest absolute Gasteiger partial charge is 0.158 e. The summed E-state index contributed by atoms with van der Waals surface area (Å²) in [6, 6.07) is 1.59. The van der Waals surface area contributed by atoms with E-state index < -0.39 is 0 Å². The van der Waals surface area contributed by atoms with Gasteiger partial charge in [-0.3, -0.25) is 0 Å². The Labute approximate surface area is 113 Å². The molecule has 0 aliphatic heterocycles. The molecule has 0 bridgehead atoms. The van der Waals surface area contributed by atoms with Crippen LogP contribution in [0, 0.1) is 0 Å². The van der Waals surface area contributed by atoms with E-state index in [0.29, 0.717) is 24.9 Å². The minimum atomic E-state index is -0.204. The van der Waals surface area contributed by atoms with Crippen LogP contribution in [0.4, 0.5) is 11.6 Å². The molecule has 1 rings (SSSR count). The summed E-state index contributed by atoms with van der Waals surface area (Å²) in [5.41, 5.74) is 0. The summed E-state index contributed by atoms with van der Waals surface area (Å²) in [6.07, 6.45) is 0. The average molecular weight is 270 g/mol. The lowest BCUT2D eigenvalue weighted by atomic mass is 10.3. The monoisotopic (exact) mass is 270 g/mol. The van der Waals surface area contributed by atoms with Gasteiger partial charge in [-0.25, -0.2) is 9.97 Å². The fraction of sp³-hybridized carbons (Fsp3) is 0.667. The first-order valence-electron chi connectivity index (χ1n) is 6.20. The topological polar surface area (TPSA) is 88.5 Å². The van der Waals surface area contributed by atoms with Crippen molar-refractivity contribution in [1.29, 1.82) is 0 Å². The molecule has 19 heavy (non-hydrogen) atoms. The number of anilines is 2. The first-order valence-corrected chi connectivity index (χ1v) is 6.20. The van der Waals surface area contributed by atoms with Crippen molar-refractivity contribution in [2.45, 2.75) is 19.6 Å². The van der Waals surface area contributed by atoms with Crippen molar-refractivity contribution in [2.24, 2.45) is 0 Å². The van der Waals surface area contributed by atoms with E-state index in [4.69, 9.17) is 9.47 Å². The normalized spacial score (nSPS) is 12.2. The molecule has 108 valence electrons. The van der Waals surface area contributed by atoms with Gasteiger partial charge in [-0.1, -0.05) is 0 Å². The van der Waals surface area contributed by atoms with Crippen molar-refractivity contribution < 1.29 is 14.6 Å². The molecule has 0 aliphatic rings. The molecular formula is C12H22N4O3. The summed E-state index contributed by atoms with van der Waals surface area (Å²) in [5, 5.41) is 15.5. The molecule has 0 saturated carbocycles. The number of nitrogens with zero attached hydrogens (tertiary/aromatic N) is 2. The predicted molar refractivity (Wildman–Crippen MR) is 73.3 cm³/mol. The number of aliphatic hydroxyl groups is 1. The highest BCUT2D eigenvalue weighted by atomic mass is 16.5. The number of rotatable bonds is 9. The summed E-state index contributed by atoms with van der Waals surface area (Å²) in [5.74, 6) is 1.94. The van der Waals surface area contributed by atoms with Crippen molar-refractivity contribution in [2.75, 3.05) is 44.6 Å². The standard InChI is InChI=1S/C12H22N4O3/c1-4-13-10-5-11(14-9(6-17)7-18-2)16-12(15-10)8-19-3/h5,9,17H,4,6-8H2,1-3H3,(H2,13,14,15,16). The molecule has 0 aliphatic carbocycles. The Morgan fingerprint density at radius 2 is 2.00 bits per heavy atom. The second-order valence-corrected chi connectivity index (χ2v) is 4.00. The number of ether oxygens (including phenoxy) is 2. The number of aliphatic hydroxyl groups excluding tert-OH is 1. The van der Waals surface area contributed by atoms with Gasteiger partial charge in [-0.05, 0) is 6.92 Å². The maximum Gasteiger partial charge on any atom is 0.158 e. The van der Waals surface area contributed by atoms with Crippen LogP contribution in [-0.2, 0) is 16.1 Å². The first kappa shape index (κ1) is 15.6. The highest BCUT2D eigenvalue weighted by molar-refractivity contribution is 5.48. The Balaban J connectivity index is 2.84. The van der Waals surface area contributed by atoms with Crippen LogP contribution in [0.5, 0.6) is 0 Å². The summed E-state index contributed by atoms with van der Waals surface area (Å²) < 4.78 is 10.1. The van der Waals surface area contributed by atoms with Crippen LogP contribution in [0.2, 0.25) is 0 Å². The van der Waals surface area contributed by atoms with Gasteiger partial charge in [0.05, 0.1) is 19.3 Å². The Bertz CT molecular complexity index is 352. The summed E-state index contributed by atoms with van der Waals surface area (Å²) >= 11 is 0. The van der Waals surface area contributed by atoms with Gasteiger partial charge in [0.25, 0.3) is 0 Å². The van der Waals surface area contributed by atoms with Crippen molar-refractivity contribution in [1.82, 2.24) is 9.97 Å². The van der Waals surface area contributed by atoms with Gasteiger partial charge >= 0.3 is 0 Å². The van der Waals surface area contributed by atoms with Crippen LogP contribution in [0.25, 0.3) is 0 Å². The SMILES string of the molecule is CCNc1cc(NC(CO)COC)nc(COC)n1. The molecule has 1 atom stereocenters. The Hall–Kier alpha value is -1.44. The number of methoxy groups -OCH3 is 2. The highest BCUT2D eigenvalue weighted by Gasteiger charge is 2.10. The summed E-state index contributed by atoms with van der Waals surface area (Å²) in [6.45, 7) is 3.46. The molecule has 1 aromatic heterocycles. The van der Waals surface area contributed by atoms with Crippen molar-refractivity contribution in [3.63, 3.8) is 0 Å². The first-order chi connectivity index (χ1) is 9.23. The molecular weight excluding hydrogens is 248 g/mol. The van der Waals surface area contributed by atoms with Crippen LogP contribution >= 0.6 is 0 Å². The zero-order chi connectivity index (χ0) is 14.1. The van der Waals surface area contributed by atoms with Gasteiger partial charge < -0.3 is 25.2 Å². The van der Waals surface area contributed by atoms with E-state index >= 15 is 0 Å². The van der Waals surface area contributed by atoms with E-state index in [-0.39, 0.29) is 12.6 Å². The zero-order valence-corrected chi connectivity index (χ0v) is 11.6. The third-order valence-electron chi connectivity index (χ3n) is 2.34. The lowest BCUT2D eigenvalue weighted by Crippen LogP contribution is -2.29. The fourth-order valence-electron chi connectivity index (χ4n) is 1.59. The average Bonchev–Trinajstić information content (AvgIpc) is 2.39. The summed E-state index contributed by atoms with van der Waals surface area (Å²) in [4.78, 5) is 8.63. The molecule has 0 saturated heterocycles. The number of aromatic nitrogens is 2. The largest absolute Gasteiger partial charge is 0.394 e. The van der Waals surface area contributed by atoms with Crippen LogP contribution in [0.15, 0.2) is 6.07 Å². The third kappa shape index (κ3) is 5.37. The van der Waals surface area contributed by atoms with E-state index in [0.717, 1.165) is 12.4 Å². The Morgan fingerprint density at radius 3 is 2.58 bits per heavy atom. The van der Waals surface area contributed by atoms with Gasteiger partial charge in [0.1, 0.15) is 18.2 Å². The molecule has 7 nitrogen and oxygen atoms in total. The Morgan fingerprint density at radius 1 is 1.26 bits per heavy atom. The van der Waals surface area contributed by atoms with Crippen molar-refractivity contribution >= 4 is 11.6 Å². The van der Waals surface area contributed by atoms with Gasteiger partial charge in [0.2, 0.25) is 0 Å². The van der Waals surface area contributed by atoms with Gasteiger partial charge in [-0.2, -0.15) is 0 Å². The molecule has 1 unspecified atom stereocenters. The van der Waals surface area contributed by atoms with Gasteiger partial charge in [0.15, 0.2) is 5.82 Å². The van der Waals surface area contributed by atoms with Crippen molar-refractivity contribution in [3.05, 3.63) is 11.9 Å². The second kappa shape index (κ2) is 8.63. The number of hydrogen-bond acceptors (Lipinski definition) is 7. The molecule has 0 radical (unpaired) electrons. The molecule has 1 aromatic rings. The highest BCUT2D eigenvalue weighted by Crippen LogP contribution is 2.13. The van der Waals surface area contributed by atoms with Crippen molar-refractivity contribution in [3.8, 4) is 0 Å². The lowest BCUT2D eigenvalue weighted by Gasteiger charge is -2.17. The van der Waals surface area contributed by atoms with E-state index in [1.54, 1.807) is 20.3 Å². The van der Waals surface area contributed by atoms with E-state index in [1.807, 2.05) is 6.92 Å². The molecule has 0 amide bonds. The molecule has 1 heterocycles. The van der Waals surface area contributed by atoms with E-state index in [2.05, 4.69) is 20.6 Å². The number of nitrogens with one attached hydrogen (secondary N) is 2. The van der Waals surface area contributed by atoms with Crippen LogP contribution in [0.1, 0.15) is 12.7 Å². The molecule has 0 spiro atoms. The predicted octanol–water partition coefficient (Wildman–Crippen LogP) is 0.474. The maximum absolute atomic E-state index is 9.24. The van der Waals surface area contributed by atoms with Crippen LogP contribution < -0.4 is 10.6 Å². The van der Waals surface area contributed by atoms with Crippen LogP contribution in [0.3, 0.4) is 0 Å². The molecule has 3 N–H and O–H groups in total. The fourth-order valence-corrected chi connectivity index (χ4v) is 1.59. The van der Waals surface area contributed by atoms with Crippen LogP contribution in [-0.4, -0.2) is 55.1 Å². The Kier molecular flexibility index (Phi) is 7.09.